The van der Waals surface area contributed by atoms with Gasteiger partial charge in [-0.05, 0) is 17.8 Å². The van der Waals surface area contributed by atoms with Crippen LogP contribution in [0.25, 0.3) is 0 Å². The molecule has 1 aliphatic heterocycles. The molecular formula is C20H27NO4. The molecule has 1 unspecified atom stereocenters. The van der Waals surface area contributed by atoms with Gasteiger partial charge in [0.25, 0.3) is 0 Å². The van der Waals surface area contributed by atoms with Gasteiger partial charge in [-0.2, -0.15) is 0 Å². The minimum absolute atomic E-state index is 0.0671. The van der Waals surface area contributed by atoms with E-state index in [-0.39, 0.29) is 29.8 Å². The van der Waals surface area contributed by atoms with Crippen LogP contribution in [-0.4, -0.2) is 35.3 Å². The van der Waals surface area contributed by atoms with Crippen LogP contribution in [0.5, 0.6) is 0 Å². The lowest BCUT2D eigenvalue weighted by molar-refractivity contribution is -0.133. The summed E-state index contributed by atoms with van der Waals surface area (Å²) in [5, 5.41) is 0. The number of imide groups is 1. The molecule has 5 nitrogen and oxygen atoms in total. The molecule has 136 valence electrons. The Hall–Kier alpha value is -2.17. The quantitative estimate of drug-likeness (QED) is 0.599. The molecule has 0 N–H and O–H groups in total. The van der Waals surface area contributed by atoms with E-state index in [9.17, 15) is 14.4 Å². The SMILES string of the molecule is CC(C)[C@H]1COC(=O)N1C(=O)C(CC(C)(C)C)C(=O)c1ccccc1. The maximum Gasteiger partial charge on any atom is 0.417 e. The van der Waals surface area contributed by atoms with Crippen LogP contribution >= 0.6 is 0 Å². The number of ether oxygens (including phenoxy) is 1. The third-order valence-corrected chi connectivity index (χ3v) is 4.40. The fourth-order valence-electron chi connectivity index (χ4n) is 3.06. The molecule has 0 aliphatic carbocycles. The highest BCUT2D eigenvalue weighted by atomic mass is 16.6. The lowest BCUT2D eigenvalue weighted by Crippen LogP contribution is -2.47. The fourth-order valence-corrected chi connectivity index (χ4v) is 3.06. The van der Waals surface area contributed by atoms with Gasteiger partial charge in [0.05, 0.1) is 6.04 Å². The lowest BCUT2D eigenvalue weighted by atomic mass is 9.80. The monoisotopic (exact) mass is 345 g/mol. The van der Waals surface area contributed by atoms with Crippen LogP contribution in [0.3, 0.4) is 0 Å². The molecule has 0 radical (unpaired) electrons. The summed E-state index contributed by atoms with van der Waals surface area (Å²) in [4.78, 5) is 39.5. The second-order valence-electron chi connectivity index (χ2n) is 8.14. The van der Waals surface area contributed by atoms with Gasteiger partial charge in [0.15, 0.2) is 5.78 Å². The minimum Gasteiger partial charge on any atom is -0.447 e. The predicted octanol–water partition coefficient (Wildman–Crippen LogP) is 3.93. The Morgan fingerprint density at radius 3 is 2.32 bits per heavy atom. The van der Waals surface area contributed by atoms with Crippen LogP contribution in [-0.2, 0) is 9.53 Å². The number of cyclic esters (lactones) is 1. The van der Waals surface area contributed by atoms with E-state index in [0.717, 1.165) is 4.90 Å². The third kappa shape index (κ3) is 4.47. The van der Waals surface area contributed by atoms with Crippen molar-refractivity contribution in [2.45, 2.75) is 47.1 Å². The summed E-state index contributed by atoms with van der Waals surface area (Å²) in [5.74, 6) is -1.53. The first-order valence-electron chi connectivity index (χ1n) is 8.71. The Morgan fingerprint density at radius 1 is 1.20 bits per heavy atom. The van der Waals surface area contributed by atoms with Gasteiger partial charge in [-0.25, -0.2) is 9.69 Å². The molecule has 2 atom stereocenters. The molecule has 1 fully saturated rings. The van der Waals surface area contributed by atoms with Crippen molar-refractivity contribution in [1.82, 2.24) is 4.90 Å². The van der Waals surface area contributed by atoms with Gasteiger partial charge in [0, 0.05) is 5.56 Å². The van der Waals surface area contributed by atoms with Crippen molar-refractivity contribution >= 4 is 17.8 Å². The van der Waals surface area contributed by atoms with Crippen molar-refractivity contribution in [2.24, 2.45) is 17.3 Å². The molecule has 1 heterocycles. The fraction of sp³-hybridized carbons (Fsp3) is 0.550. The molecule has 0 saturated carbocycles. The number of hydrogen-bond acceptors (Lipinski definition) is 4. The molecule has 1 saturated heterocycles. The summed E-state index contributed by atoms with van der Waals surface area (Å²) in [6, 6.07) is 8.44. The van der Waals surface area contributed by atoms with E-state index >= 15 is 0 Å². The summed E-state index contributed by atoms with van der Waals surface area (Å²) in [6.07, 6.45) is -0.280. The number of benzene rings is 1. The van der Waals surface area contributed by atoms with Gasteiger partial charge < -0.3 is 4.74 Å². The maximum absolute atomic E-state index is 13.2. The van der Waals surface area contributed by atoms with E-state index in [4.69, 9.17) is 4.74 Å². The Bertz CT molecular complexity index is 645. The van der Waals surface area contributed by atoms with E-state index < -0.39 is 17.9 Å². The number of rotatable bonds is 5. The second kappa shape index (κ2) is 7.38. The normalized spacial score (nSPS) is 19.0. The Balaban J connectivity index is 2.36. The zero-order valence-corrected chi connectivity index (χ0v) is 15.6. The highest BCUT2D eigenvalue weighted by Crippen LogP contribution is 2.31. The molecule has 1 aromatic carbocycles. The number of hydrogen-bond donors (Lipinski definition) is 0. The number of Topliss-reactive ketones (excluding diaryl/α,β-unsaturated/α-hetero) is 1. The predicted molar refractivity (Wildman–Crippen MR) is 95.2 cm³/mol. The molecule has 2 amide bonds. The topological polar surface area (TPSA) is 63.7 Å². The molecule has 2 rings (SSSR count). The standard InChI is InChI=1S/C20H27NO4/c1-13(2)16-12-25-19(24)21(16)18(23)15(11-20(3,4)5)17(22)14-9-7-6-8-10-14/h6-10,13,15-16H,11-12H2,1-5H3/t15?,16-/m1/s1. The summed E-state index contributed by atoms with van der Waals surface area (Å²) in [5.41, 5.74) is 0.251. The molecule has 25 heavy (non-hydrogen) atoms. The van der Waals surface area contributed by atoms with Crippen molar-refractivity contribution in [1.29, 1.82) is 0 Å². The van der Waals surface area contributed by atoms with E-state index in [1.807, 2.05) is 40.7 Å². The largest absolute Gasteiger partial charge is 0.447 e. The first kappa shape index (κ1) is 19.2. The smallest absolute Gasteiger partial charge is 0.417 e. The van der Waals surface area contributed by atoms with E-state index in [1.54, 1.807) is 24.3 Å². The average molecular weight is 345 g/mol. The van der Waals surface area contributed by atoms with Crippen LogP contribution in [0.15, 0.2) is 30.3 Å². The van der Waals surface area contributed by atoms with Crippen LogP contribution in [0.4, 0.5) is 4.79 Å². The van der Waals surface area contributed by atoms with Gasteiger partial charge in [-0.3, -0.25) is 9.59 Å². The molecule has 0 aromatic heterocycles. The summed E-state index contributed by atoms with van der Waals surface area (Å²) in [7, 11) is 0. The number of nitrogens with zero attached hydrogens (tertiary/aromatic N) is 1. The number of carbonyl (C=O) groups is 3. The van der Waals surface area contributed by atoms with Gasteiger partial charge in [0.1, 0.15) is 12.5 Å². The summed E-state index contributed by atoms with van der Waals surface area (Å²) >= 11 is 0. The van der Waals surface area contributed by atoms with Gasteiger partial charge in [0.2, 0.25) is 5.91 Å². The van der Waals surface area contributed by atoms with E-state index in [1.165, 1.54) is 0 Å². The molecule has 5 heteroatoms. The molecule has 0 spiro atoms. The highest BCUT2D eigenvalue weighted by molar-refractivity contribution is 6.12. The lowest BCUT2D eigenvalue weighted by Gasteiger charge is -2.29. The van der Waals surface area contributed by atoms with Gasteiger partial charge in [-0.15, -0.1) is 0 Å². The molecule has 1 aliphatic rings. The second-order valence-corrected chi connectivity index (χ2v) is 8.14. The van der Waals surface area contributed by atoms with Crippen LogP contribution < -0.4 is 0 Å². The minimum atomic E-state index is -0.894. The van der Waals surface area contributed by atoms with Crippen molar-refractivity contribution in [3.05, 3.63) is 35.9 Å². The third-order valence-electron chi connectivity index (χ3n) is 4.40. The average Bonchev–Trinajstić information content (AvgIpc) is 2.93. The van der Waals surface area contributed by atoms with E-state index in [2.05, 4.69) is 0 Å². The van der Waals surface area contributed by atoms with Crippen molar-refractivity contribution in [3.8, 4) is 0 Å². The zero-order chi connectivity index (χ0) is 18.8. The number of ketones is 1. The van der Waals surface area contributed by atoms with Gasteiger partial charge >= 0.3 is 6.09 Å². The maximum atomic E-state index is 13.2. The molecule has 0 bridgehead atoms. The van der Waals surface area contributed by atoms with Crippen LogP contribution in [0, 0.1) is 17.3 Å². The summed E-state index contributed by atoms with van der Waals surface area (Å²) < 4.78 is 5.08. The van der Waals surface area contributed by atoms with Crippen molar-refractivity contribution in [3.63, 3.8) is 0 Å². The highest BCUT2D eigenvalue weighted by Gasteiger charge is 2.45. The van der Waals surface area contributed by atoms with E-state index in [0.29, 0.717) is 12.0 Å². The van der Waals surface area contributed by atoms with Crippen molar-refractivity contribution in [2.75, 3.05) is 6.61 Å². The Morgan fingerprint density at radius 2 is 1.80 bits per heavy atom. The number of amides is 2. The summed E-state index contributed by atoms with van der Waals surface area (Å²) in [6.45, 7) is 9.99. The number of carbonyl (C=O) groups excluding carboxylic acids is 3. The molecule has 1 aromatic rings. The Kier molecular flexibility index (Phi) is 5.65. The Labute approximate surface area is 149 Å². The zero-order valence-electron chi connectivity index (χ0n) is 15.6. The van der Waals surface area contributed by atoms with Crippen LogP contribution in [0.2, 0.25) is 0 Å². The molecular weight excluding hydrogens is 318 g/mol. The van der Waals surface area contributed by atoms with Crippen LogP contribution in [0.1, 0.15) is 51.4 Å². The first-order valence-corrected chi connectivity index (χ1v) is 8.71. The van der Waals surface area contributed by atoms with Gasteiger partial charge in [-0.1, -0.05) is 65.0 Å². The van der Waals surface area contributed by atoms with Crippen molar-refractivity contribution < 1.29 is 19.1 Å². The first-order chi connectivity index (χ1) is 11.6.